The summed E-state index contributed by atoms with van der Waals surface area (Å²) in [6.07, 6.45) is 28.4. The van der Waals surface area contributed by atoms with Crippen LogP contribution in [0, 0.1) is 0 Å². The molecule has 0 aromatic carbocycles. The number of unbranched alkanes of at least 4 members (excludes halogenated alkanes) is 22. The second-order valence-electron chi connectivity index (χ2n) is 12.5. The van der Waals surface area contributed by atoms with E-state index >= 15 is 0 Å². The molecule has 2 atom stereocenters. The molecule has 0 bridgehead atoms. The summed E-state index contributed by atoms with van der Waals surface area (Å²) >= 11 is 0. The monoisotopic (exact) mass is 663 g/mol. The van der Waals surface area contributed by atoms with E-state index in [4.69, 9.17) is 24.3 Å². The van der Waals surface area contributed by atoms with E-state index < -0.39 is 26.5 Å². The molecule has 268 valence electrons. The summed E-state index contributed by atoms with van der Waals surface area (Å²) in [4.78, 5) is 34.6. The highest BCUT2D eigenvalue weighted by Gasteiger charge is 2.25. The molecule has 1 unspecified atom stereocenters. The molecule has 0 spiro atoms. The zero-order valence-electron chi connectivity index (χ0n) is 29.1. The number of carbonyl (C=O) groups excluding carboxylic acids is 2. The van der Waals surface area contributed by atoms with Crippen molar-refractivity contribution in [3.05, 3.63) is 0 Å². The Morgan fingerprint density at radius 3 is 1.36 bits per heavy atom. The Morgan fingerprint density at radius 1 is 0.578 bits per heavy atom. The Hall–Kier alpha value is -0.990. The summed E-state index contributed by atoms with van der Waals surface area (Å²) in [6.45, 7) is 3.73. The minimum absolute atomic E-state index is 0.0576. The Morgan fingerprint density at radius 2 is 0.956 bits per heavy atom. The Kier molecular flexibility index (Phi) is 32.2. The van der Waals surface area contributed by atoms with Crippen molar-refractivity contribution in [1.82, 2.24) is 0 Å². The fraction of sp³-hybridized carbons (Fsp3) is 0.943. The first-order valence-electron chi connectivity index (χ1n) is 18.5. The van der Waals surface area contributed by atoms with E-state index in [0.29, 0.717) is 6.42 Å². The second kappa shape index (κ2) is 32.9. The molecule has 0 aromatic rings. The third-order valence-corrected chi connectivity index (χ3v) is 8.98. The minimum atomic E-state index is -4.36. The van der Waals surface area contributed by atoms with E-state index in [1.165, 1.54) is 116 Å². The molecule has 0 aliphatic rings. The minimum Gasteiger partial charge on any atom is -0.462 e. The number of phosphoric ester groups is 1. The van der Waals surface area contributed by atoms with Gasteiger partial charge >= 0.3 is 19.8 Å². The molecule has 0 heterocycles. The number of phosphoric acid groups is 1. The predicted molar refractivity (Wildman–Crippen MR) is 183 cm³/mol. The molecule has 0 saturated carbocycles. The third-order valence-electron chi connectivity index (χ3n) is 7.99. The summed E-state index contributed by atoms with van der Waals surface area (Å²) in [5, 5.41) is 0. The quantitative estimate of drug-likeness (QED) is 0.0386. The number of nitrogens with two attached hydrogens (primary N) is 1. The lowest BCUT2D eigenvalue weighted by molar-refractivity contribution is -0.161. The van der Waals surface area contributed by atoms with Crippen LogP contribution in [0.1, 0.15) is 181 Å². The van der Waals surface area contributed by atoms with Crippen LogP contribution in [-0.4, -0.2) is 49.3 Å². The van der Waals surface area contributed by atoms with Crippen molar-refractivity contribution in [2.24, 2.45) is 5.73 Å². The molecular weight excluding hydrogens is 593 g/mol. The summed E-state index contributed by atoms with van der Waals surface area (Å²) in [5.41, 5.74) is 5.32. The molecule has 0 amide bonds. The highest BCUT2D eigenvalue weighted by molar-refractivity contribution is 7.47. The normalized spacial score (nSPS) is 13.4. The van der Waals surface area contributed by atoms with Gasteiger partial charge in [0.15, 0.2) is 6.10 Å². The lowest BCUT2D eigenvalue weighted by Gasteiger charge is -2.19. The van der Waals surface area contributed by atoms with E-state index in [2.05, 4.69) is 13.8 Å². The molecule has 0 aromatic heterocycles. The molecule has 0 aliphatic heterocycles. The maximum atomic E-state index is 12.5. The van der Waals surface area contributed by atoms with Crippen molar-refractivity contribution in [3.63, 3.8) is 0 Å². The number of hydrogen-bond donors (Lipinski definition) is 2. The van der Waals surface area contributed by atoms with E-state index in [-0.39, 0.29) is 38.6 Å². The lowest BCUT2D eigenvalue weighted by Crippen LogP contribution is -2.29. The molecule has 45 heavy (non-hydrogen) atoms. The molecule has 0 rings (SSSR count). The standard InChI is InChI=1S/C35H70NO8P/c1-3-5-7-9-11-13-15-16-18-19-21-23-25-27-34(37)41-31-33(32-43-45(39,40)42-30-29-36)44-35(38)28-26-24-22-20-17-14-12-10-8-6-4-2/h33H,3-32,36H2,1-2H3,(H,39,40)/t33-/m1/s1. The molecule has 0 aliphatic carbocycles. The zero-order chi connectivity index (χ0) is 33.3. The molecular formula is C35H70NO8P. The molecule has 0 fully saturated rings. The Balaban J connectivity index is 4.20. The van der Waals surface area contributed by atoms with Gasteiger partial charge in [0.2, 0.25) is 0 Å². The highest BCUT2D eigenvalue weighted by Crippen LogP contribution is 2.43. The maximum absolute atomic E-state index is 12.5. The van der Waals surface area contributed by atoms with Crippen molar-refractivity contribution >= 4 is 19.8 Å². The van der Waals surface area contributed by atoms with Gasteiger partial charge in [-0.25, -0.2) is 4.57 Å². The summed E-state index contributed by atoms with van der Waals surface area (Å²) < 4.78 is 32.6. The molecule has 0 saturated heterocycles. The van der Waals surface area contributed by atoms with Crippen LogP contribution < -0.4 is 5.73 Å². The molecule has 9 nitrogen and oxygen atoms in total. The van der Waals surface area contributed by atoms with Gasteiger partial charge in [0.1, 0.15) is 6.61 Å². The number of carbonyl (C=O) groups is 2. The summed E-state index contributed by atoms with van der Waals surface area (Å²) in [5.74, 6) is -0.821. The van der Waals surface area contributed by atoms with Crippen LogP contribution in [0.15, 0.2) is 0 Å². The number of hydrogen-bond acceptors (Lipinski definition) is 8. The third kappa shape index (κ3) is 32.7. The van der Waals surface area contributed by atoms with Crippen molar-refractivity contribution in [2.45, 2.75) is 187 Å². The van der Waals surface area contributed by atoms with E-state index in [1.807, 2.05) is 0 Å². The Labute approximate surface area is 276 Å². The summed E-state index contributed by atoms with van der Waals surface area (Å²) in [7, 11) is -4.36. The van der Waals surface area contributed by atoms with Crippen LogP contribution in [-0.2, 0) is 32.7 Å². The van der Waals surface area contributed by atoms with Gasteiger partial charge in [0, 0.05) is 19.4 Å². The van der Waals surface area contributed by atoms with Gasteiger partial charge in [-0.15, -0.1) is 0 Å². The van der Waals surface area contributed by atoms with Crippen molar-refractivity contribution < 1.29 is 37.6 Å². The number of esters is 2. The van der Waals surface area contributed by atoms with E-state index in [1.54, 1.807) is 0 Å². The molecule has 0 radical (unpaired) electrons. The van der Waals surface area contributed by atoms with Crippen molar-refractivity contribution in [3.8, 4) is 0 Å². The van der Waals surface area contributed by atoms with Gasteiger partial charge in [0.25, 0.3) is 0 Å². The fourth-order valence-electron chi connectivity index (χ4n) is 5.22. The summed E-state index contributed by atoms with van der Waals surface area (Å²) in [6, 6.07) is 0. The van der Waals surface area contributed by atoms with Crippen LogP contribution in [0.4, 0.5) is 0 Å². The van der Waals surface area contributed by atoms with Gasteiger partial charge < -0.3 is 20.1 Å². The van der Waals surface area contributed by atoms with E-state index in [0.717, 1.165) is 32.1 Å². The first-order valence-corrected chi connectivity index (χ1v) is 20.0. The largest absolute Gasteiger partial charge is 0.472 e. The highest BCUT2D eigenvalue weighted by atomic mass is 31.2. The van der Waals surface area contributed by atoms with Gasteiger partial charge in [0.05, 0.1) is 13.2 Å². The first kappa shape index (κ1) is 44.0. The molecule has 3 N–H and O–H groups in total. The van der Waals surface area contributed by atoms with Gasteiger partial charge in [-0.2, -0.15) is 0 Å². The first-order chi connectivity index (χ1) is 21.8. The zero-order valence-corrected chi connectivity index (χ0v) is 30.0. The fourth-order valence-corrected chi connectivity index (χ4v) is 5.99. The smallest absolute Gasteiger partial charge is 0.462 e. The average Bonchev–Trinajstić information content (AvgIpc) is 3.02. The van der Waals surface area contributed by atoms with Crippen LogP contribution in [0.25, 0.3) is 0 Å². The van der Waals surface area contributed by atoms with Gasteiger partial charge in [-0.3, -0.25) is 18.6 Å². The topological polar surface area (TPSA) is 134 Å². The van der Waals surface area contributed by atoms with Crippen molar-refractivity contribution in [1.29, 1.82) is 0 Å². The van der Waals surface area contributed by atoms with Crippen LogP contribution in [0.3, 0.4) is 0 Å². The van der Waals surface area contributed by atoms with Gasteiger partial charge in [-0.05, 0) is 12.8 Å². The molecule has 10 heteroatoms. The van der Waals surface area contributed by atoms with E-state index in [9.17, 15) is 19.0 Å². The lowest BCUT2D eigenvalue weighted by atomic mass is 10.0. The van der Waals surface area contributed by atoms with Crippen LogP contribution in [0.2, 0.25) is 0 Å². The maximum Gasteiger partial charge on any atom is 0.472 e. The Bertz CT molecular complexity index is 724. The number of ether oxygens (including phenoxy) is 2. The van der Waals surface area contributed by atoms with Crippen LogP contribution >= 0.6 is 7.82 Å². The van der Waals surface area contributed by atoms with Crippen LogP contribution in [0.5, 0.6) is 0 Å². The van der Waals surface area contributed by atoms with Gasteiger partial charge in [-0.1, -0.05) is 155 Å². The van der Waals surface area contributed by atoms with Crippen molar-refractivity contribution in [2.75, 3.05) is 26.4 Å². The number of rotatable bonds is 35. The predicted octanol–water partition coefficient (Wildman–Crippen LogP) is 9.72. The average molecular weight is 664 g/mol. The SMILES string of the molecule is CCCCCCCCCCCCCCCC(=O)OC[C@H](COP(=O)(O)OCCN)OC(=O)CCCCCCCCCCCCC. The second-order valence-corrected chi connectivity index (χ2v) is 13.9.